The summed E-state index contributed by atoms with van der Waals surface area (Å²) in [7, 11) is 1.25. The number of methoxy groups -OCH3 is 1. The van der Waals surface area contributed by atoms with Crippen LogP contribution in [0.25, 0.3) is 0 Å². The van der Waals surface area contributed by atoms with Gasteiger partial charge in [0.2, 0.25) is 12.1 Å². The van der Waals surface area contributed by atoms with Gasteiger partial charge in [0.25, 0.3) is 0 Å². The molecule has 6 atom stereocenters. The SMILES string of the molecule is COC(=O)[C@H](O)[C@@H](N)CC1CCC1.Cl.NCc1ccccc1.N[C@@H](CC1CCC1)[C@@H](O)C(=O)O.O=C(O)[C@H](O)[C@H](CC1CCC1)[N+](=O)[O-]. The van der Waals surface area contributed by atoms with Crippen LogP contribution in [-0.2, 0) is 25.7 Å². The Bertz CT molecular complexity index is 1080. The van der Waals surface area contributed by atoms with Gasteiger partial charge in [0.15, 0.2) is 12.2 Å². The zero-order chi connectivity index (χ0) is 35.5. The van der Waals surface area contributed by atoms with Crippen LogP contribution < -0.4 is 17.2 Å². The van der Waals surface area contributed by atoms with Crippen molar-refractivity contribution in [1.29, 1.82) is 0 Å². The minimum atomic E-state index is -1.88. The number of rotatable bonds is 14. The molecular weight excluding hydrogens is 652 g/mol. The Morgan fingerprint density at radius 1 is 0.792 bits per heavy atom. The molecule has 1 aromatic carbocycles. The fourth-order valence-electron chi connectivity index (χ4n) is 5.14. The van der Waals surface area contributed by atoms with Gasteiger partial charge in [-0.3, -0.25) is 10.1 Å². The topological polar surface area (TPSA) is 283 Å². The van der Waals surface area contributed by atoms with Gasteiger partial charge in [0.05, 0.1) is 7.11 Å². The van der Waals surface area contributed by atoms with E-state index < -0.39 is 59.3 Å². The van der Waals surface area contributed by atoms with Crippen molar-refractivity contribution in [2.45, 2.75) is 120 Å². The number of carbonyl (C=O) groups excluding carboxylic acids is 1. The first kappa shape index (κ1) is 45.1. The molecule has 48 heavy (non-hydrogen) atoms. The van der Waals surface area contributed by atoms with Gasteiger partial charge in [0, 0.05) is 30.0 Å². The standard InChI is InChI=1S/C9H17NO3.C8H13NO5.C8H15NO3.C7H9N.ClH/c1-13-9(12)8(11)7(10)5-6-3-2-4-6;10-7(8(11)12)6(9(13)14)4-5-2-1-3-5;9-6(7(10)8(11)12)4-5-2-1-3-5;8-6-7-4-2-1-3-5-7;/h6-8,11H,2-5,10H2,1H3;5-7,10H,1-4H2,(H,11,12);5-7,10H,1-4,9H2,(H,11,12);1-5H,6,8H2;1H/t7-,8+;2*6-,7+;;/m000../s1. The number of benzene rings is 1. The van der Waals surface area contributed by atoms with Crippen molar-refractivity contribution in [3.05, 3.63) is 46.0 Å². The maximum atomic E-state index is 10.9. The van der Waals surface area contributed by atoms with Crippen molar-refractivity contribution >= 4 is 30.3 Å². The van der Waals surface area contributed by atoms with Crippen molar-refractivity contribution in [1.82, 2.24) is 0 Å². The third-order valence-corrected chi connectivity index (χ3v) is 8.93. The summed E-state index contributed by atoms with van der Waals surface area (Å²) in [5.74, 6) is -2.04. The summed E-state index contributed by atoms with van der Waals surface area (Å²) in [5.41, 5.74) is 17.7. The summed E-state index contributed by atoms with van der Waals surface area (Å²) in [6, 6.07) is 7.55. The molecule has 15 nitrogen and oxygen atoms in total. The van der Waals surface area contributed by atoms with Gasteiger partial charge < -0.3 is 47.5 Å². The molecule has 1 aromatic rings. The lowest BCUT2D eigenvalue weighted by atomic mass is 9.80. The van der Waals surface area contributed by atoms with Gasteiger partial charge in [-0.1, -0.05) is 88.1 Å². The molecule has 4 rings (SSSR count). The number of ether oxygens (including phenoxy) is 1. The van der Waals surface area contributed by atoms with E-state index in [0.717, 1.165) is 38.5 Å². The maximum absolute atomic E-state index is 10.9. The smallest absolute Gasteiger partial charge is 0.339 e. The molecule has 3 saturated carbocycles. The highest BCUT2D eigenvalue weighted by molar-refractivity contribution is 5.85. The average molecular weight is 707 g/mol. The number of nitro groups is 1. The molecule has 11 N–H and O–H groups in total. The van der Waals surface area contributed by atoms with Crippen molar-refractivity contribution < 1.29 is 49.6 Å². The predicted octanol–water partition coefficient (Wildman–Crippen LogP) is 1.82. The molecule has 0 spiro atoms. The molecule has 3 aliphatic rings. The quantitative estimate of drug-likeness (QED) is 0.0778. The van der Waals surface area contributed by atoms with E-state index in [4.69, 9.17) is 37.6 Å². The number of carboxylic acid groups (broad SMARTS) is 2. The molecule has 0 aromatic heterocycles. The number of carboxylic acids is 2. The lowest BCUT2D eigenvalue weighted by molar-refractivity contribution is -0.534. The minimum absolute atomic E-state index is 0. The van der Waals surface area contributed by atoms with Crippen LogP contribution in [0.15, 0.2) is 30.3 Å². The van der Waals surface area contributed by atoms with Gasteiger partial charge in [-0.2, -0.15) is 0 Å². The van der Waals surface area contributed by atoms with Gasteiger partial charge in [-0.05, 0) is 36.2 Å². The van der Waals surface area contributed by atoms with Gasteiger partial charge in [-0.15, -0.1) is 12.4 Å². The first-order valence-electron chi connectivity index (χ1n) is 16.2. The number of aliphatic hydroxyl groups excluding tert-OH is 3. The zero-order valence-corrected chi connectivity index (χ0v) is 28.4. The maximum Gasteiger partial charge on any atom is 0.339 e. The Kier molecular flexibility index (Phi) is 22.8. The number of aliphatic hydroxyl groups is 3. The monoisotopic (exact) mass is 706 g/mol. The number of hydrogen-bond acceptors (Lipinski definition) is 12. The Morgan fingerprint density at radius 2 is 1.19 bits per heavy atom. The summed E-state index contributed by atoms with van der Waals surface area (Å²) >= 11 is 0. The second-order valence-electron chi connectivity index (χ2n) is 12.5. The Morgan fingerprint density at radius 3 is 1.48 bits per heavy atom. The molecule has 0 saturated heterocycles. The molecule has 0 heterocycles. The van der Waals surface area contributed by atoms with Gasteiger partial charge in [0.1, 0.15) is 0 Å². The van der Waals surface area contributed by atoms with E-state index in [9.17, 15) is 29.6 Å². The highest BCUT2D eigenvalue weighted by Gasteiger charge is 2.38. The van der Waals surface area contributed by atoms with E-state index in [-0.39, 0.29) is 24.7 Å². The number of esters is 1. The molecule has 276 valence electrons. The predicted molar refractivity (Wildman–Crippen MR) is 179 cm³/mol. The summed E-state index contributed by atoms with van der Waals surface area (Å²) in [6.07, 6.45) is 6.95. The average Bonchev–Trinajstić information content (AvgIpc) is 2.99. The minimum Gasteiger partial charge on any atom is -0.479 e. The lowest BCUT2D eigenvalue weighted by Gasteiger charge is -2.29. The Balaban J connectivity index is 0.000000619. The molecule has 16 heteroatoms. The van der Waals surface area contributed by atoms with E-state index in [1.165, 1.54) is 38.4 Å². The fraction of sp³-hybridized carbons (Fsp3) is 0.719. The van der Waals surface area contributed by atoms with Crippen LogP contribution >= 0.6 is 12.4 Å². The second-order valence-corrected chi connectivity index (χ2v) is 12.5. The Hall–Kier alpha value is -2.92. The number of aliphatic carboxylic acids is 2. The van der Waals surface area contributed by atoms with E-state index in [2.05, 4.69) is 4.74 Å². The lowest BCUT2D eigenvalue weighted by Crippen LogP contribution is -2.43. The van der Waals surface area contributed by atoms with Crippen LogP contribution in [-0.4, -0.2) is 91.9 Å². The molecule has 0 amide bonds. The van der Waals surface area contributed by atoms with Crippen LogP contribution in [0, 0.1) is 27.9 Å². The summed E-state index contributed by atoms with van der Waals surface area (Å²) in [6.45, 7) is 0.640. The number of halogens is 1. The molecule has 0 unspecified atom stereocenters. The second kappa shape index (κ2) is 24.3. The summed E-state index contributed by atoms with van der Waals surface area (Å²) in [5, 5.41) is 54.9. The third-order valence-electron chi connectivity index (χ3n) is 8.93. The van der Waals surface area contributed by atoms with Crippen LogP contribution in [0.1, 0.15) is 82.6 Å². The molecule has 0 aliphatic heterocycles. The van der Waals surface area contributed by atoms with Crippen LogP contribution in [0.3, 0.4) is 0 Å². The highest BCUT2D eigenvalue weighted by Crippen LogP contribution is 2.32. The van der Waals surface area contributed by atoms with Crippen molar-refractivity contribution in [2.24, 2.45) is 35.0 Å². The third kappa shape index (κ3) is 17.0. The molecule has 0 radical (unpaired) electrons. The van der Waals surface area contributed by atoms with Gasteiger partial charge >= 0.3 is 17.9 Å². The van der Waals surface area contributed by atoms with E-state index in [0.29, 0.717) is 24.8 Å². The highest BCUT2D eigenvalue weighted by atomic mass is 35.5. The fourth-order valence-corrected chi connectivity index (χ4v) is 5.14. The molecule has 3 aliphatic carbocycles. The van der Waals surface area contributed by atoms with E-state index in [1.807, 2.05) is 30.3 Å². The van der Waals surface area contributed by atoms with Crippen LogP contribution in [0.4, 0.5) is 0 Å². The van der Waals surface area contributed by atoms with Crippen LogP contribution in [0.2, 0.25) is 0 Å². The normalized spacial score (nSPS) is 19.2. The molecular formula is C32H55ClN4O11. The van der Waals surface area contributed by atoms with E-state index in [1.54, 1.807) is 0 Å². The first-order chi connectivity index (χ1) is 22.2. The number of nitrogens with zero attached hydrogens (tertiary/aromatic N) is 1. The molecule has 3 fully saturated rings. The number of hydrogen-bond donors (Lipinski definition) is 8. The first-order valence-corrected chi connectivity index (χ1v) is 16.2. The van der Waals surface area contributed by atoms with Gasteiger partial charge in [-0.25, -0.2) is 14.4 Å². The van der Waals surface area contributed by atoms with Crippen molar-refractivity contribution in [3.8, 4) is 0 Å². The van der Waals surface area contributed by atoms with Crippen molar-refractivity contribution in [3.63, 3.8) is 0 Å². The van der Waals surface area contributed by atoms with E-state index >= 15 is 0 Å². The number of carbonyl (C=O) groups is 3. The van der Waals surface area contributed by atoms with Crippen LogP contribution in [0.5, 0.6) is 0 Å². The summed E-state index contributed by atoms with van der Waals surface area (Å²) in [4.78, 5) is 41.4. The summed E-state index contributed by atoms with van der Waals surface area (Å²) < 4.78 is 4.40. The largest absolute Gasteiger partial charge is 0.479 e. The Labute approximate surface area is 287 Å². The number of nitrogens with two attached hydrogens (primary N) is 3. The zero-order valence-electron chi connectivity index (χ0n) is 27.5. The molecule has 0 bridgehead atoms. The van der Waals surface area contributed by atoms with Crippen molar-refractivity contribution in [2.75, 3.05) is 7.11 Å².